The zero-order chi connectivity index (χ0) is 20.6. The van der Waals surface area contributed by atoms with E-state index in [1.807, 2.05) is 13.0 Å². The second-order valence-electron chi connectivity index (χ2n) is 6.57. The predicted molar refractivity (Wildman–Crippen MR) is 108 cm³/mol. The zero-order valence-corrected chi connectivity index (χ0v) is 16.9. The molecule has 8 nitrogen and oxygen atoms in total. The third-order valence-corrected chi connectivity index (χ3v) is 6.46. The topological polar surface area (TPSA) is 93.4 Å². The van der Waals surface area contributed by atoms with Gasteiger partial charge in [-0.1, -0.05) is 12.1 Å². The van der Waals surface area contributed by atoms with Gasteiger partial charge in [0.2, 0.25) is 5.91 Å². The number of nitrogens with one attached hydrogen (secondary N) is 1. The lowest BCUT2D eigenvalue weighted by Gasteiger charge is -2.24. The number of hydrogen-bond donors (Lipinski definition) is 1. The number of anilines is 1. The zero-order valence-electron chi connectivity index (χ0n) is 16.1. The van der Waals surface area contributed by atoms with E-state index < -0.39 is 15.9 Å². The van der Waals surface area contributed by atoms with Gasteiger partial charge in [0.15, 0.2) is 0 Å². The number of rotatable bonds is 5. The molecule has 0 spiro atoms. The molecule has 0 saturated heterocycles. The average Bonchev–Trinajstić information content (AvgIpc) is 2.89. The molecule has 0 unspecified atom stereocenters. The van der Waals surface area contributed by atoms with Crippen LogP contribution < -0.4 is 15.3 Å². The molecule has 0 atom stereocenters. The summed E-state index contributed by atoms with van der Waals surface area (Å²) in [4.78, 5) is 24.2. The van der Waals surface area contributed by atoms with Crippen LogP contribution in [0.4, 0.5) is 5.69 Å². The Kier molecular flexibility index (Phi) is 5.03. The monoisotopic (exact) mass is 402 g/mol. The van der Waals surface area contributed by atoms with Crippen molar-refractivity contribution >= 4 is 32.7 Å². The molecule has 3 rings (SSSR count). The van der Waals surface area contributed by atoms with Crippen LogP contribution in [0.2, 0.25) is 0 Å². The van der Waals surface area contributed by atoms with Gasteiger partial charge in [0.05, 0.1) is 21.6 Å². The number of sulfonamides is 1. The number of amides is 1. The molecule has 9 heteroatoms. The van der Waals surface area contributed by atoms with E-state index in [2.05, 4.69) is 5.32 Å². The summed E-state index contributed by atoms with van der Waals surface area (Å²) in [6, 6.07) is 11.4. The van der Waals surface area contributed by atoms with E-state index in [4.69, 9.17) is 0 Å². The van der Waals surface area contributed by atoms with E-state index in [1.165, 1.54) is 28.3 Å². The van der Waals surface area contributed by atoms with Crippen LogP contribution in [0.15, 0.2) is 52.2 Å². The summed E-state index contributed by atoms with van der Waals surface area (Å²) in [5.41, 5.74) is 2.14. The van der Waals surface area contributed by atoms with E-state index in [1.54, 1.807) is 38.4 Å². The Bertz CT molecular complexity index is 1220. The first-order valence-electron chi connectivity index (χ1n) is 8.62. The van der Waals surface area contributed by atoms with Crippen LogP contribution >= 0.6 is 0 Å². The van der Waals surface area contributed by atoms with Crippen molar-refractivity contribution in [2.75, 3.05) is 17.9 Å². The second kappa shape index (κ2) is 7.16. The highest BCUT2D eigenvalue weighted by Crippen LogP contribution is 2.26. The first-order chi connectivity index (χ1) is 13.2. The number of carbonyl (C=O) groups is 1. The van der Waals surface area contributed by atoms with Crippen LogP contribution in [0.5, 0.6) is 0 Å². The summed E-state index contributed by atoms with van der Waals surface area (Å²) in [5, 5.41) is 2.46. The first-order valence-corrected chi connectivity index (χ1v) is 10.1. The maximum Gasteiger partial charge on any atom is 0.328 e. The number of aromatic nitrogens is 2. The fourth-order valence-corrected chi connectivity index (χ4v) is 4.52. The molecular weight excluding hydrogens is 380 g/mol. The van der Waals surface area contributed by atoms with Crippen LogP contribution in [0, 0.1) is 6.92 Å². The Balaban J connectivity index is 2.18. The maximum absolute atomic E-state index is 13.4. The van der Waals surface area contributed by atoms with Crippen LogP contribution in [-0.4, -0.2) is 37.1 Å². The highest BCUT2D eigenvalue weighted by atomic mass is 32.2. The van der Waals surface area contributed by atoms with Crippen molar-refractivity contribution in [3.63, 3.8) is 0 Å². The Morgan fingerprint density at radius 2 is 1.75 bits per heavy atom. The molecule has 0 aliphatic heterocycles. The lowest BCUT2D eigenvalue weighted by Crippen LogP contribution is -2.39. The summed E-state index contributed by atoms with van der Waals surface area (Å²) in [6.07, 6.45) is 0. The van der Waals surface area contributed by atoms with Crippen molar-refractivity contribution in [1.82, 2.24) is 14.5 Å². The Hall–Kier alpha value is -3.07. The third kappa shape index (κ3) is 3.29. The molecule has 2 aromatic carbocycles. The van der Waals surface area contributed by atoms with Gasteiger partial charge < -0.3 is 5.32 Å². The molecule has 0 saturated carbocycles. The van der Waals surface area contributed by atoms with Gasteiger partial charge >= 0.3 is 5.69 Å². The van der Waals surface area contributed by atoms with Gasteiger partial charge in [0.25, 0.3) is 10.0 Å². The van der Waals surface area contributed by atoms with Crippen molar-refractivity contribution in [3.05, 3.63) is 58.5 Å². The minimum atomic E-state index is -4.04. The quantitative estimate of drug-likeness (QED) is 0.692. The number of fused-ring (bicyclic) bond motifs is 1. The largest absolute Gasteiger partial charge is 0.358 e. The average molecular weight is 402 g/mol. The van der Waals surface area contributed by atoms with Gasteiger partial charge in [-0.3, -0.25) is 18.2 Å². The molecule has 0 radical (unpaired) electrons. The molecule has 28 heavy (non-hydrogen) atoms. The van der Waals surface area contributed by atoms with Gasteiger partial charge in [0, 0.05) is 21.1 Å². The summed E-state index contributed by atoms with van der Waals surface area (Å²) < 4.78 is 30.7. The van der Waals surface area contributed by atoms with Crippen LogP contribution in [-0.2, 0) is 28.9 Å². The second-order valence-corrected chi connectivity index (χ2v) is 8.44. The predicted octanol–water partition coefficient (Wildman–Crippen LogP) is 1.13. The van der Waals surface area contributed by atoms with Crippen molar-refractivity contribution in [1.29, 1.82) is 0 Å². The molecule has 1 amide bonds. The number of likely N-dealkylation sites (N-methyl/N-ethyl adjacent to an activating group) is 1. The van der Waals surface area contributed by atoms with E-state index in [0.29, 0.717) is 16.7 Å². The Morgan fingerprint density at radius 1 is 1.07 bits per heavy atom. The Labute approximate surface area is 163 Å². The van der Waals surface area contributed by atoms with Gasteiger partial charge in [-0.2, -0.15) is 0 Å². The summed E-state index contributed by atoms with van der Waals surface area (Å²) in [7, 11) is 0.629. The van der Waals surface area contributed by atoms with Gasteiger partial charge in [-0.15, -0.1) is 0 Å². The standard InChI is InChI=1S/C19H22N4O4S/c1-13-6-5-7-14(10-13)23(12-18(24)20-2)28(26,27)15-8-9-16-17(11-15)22(4)19(25)21(16)3/h5-11H,12H2,1-4H3,(H,20,24). The minimum Gasteiger partial charge on any atom is -0.358 e. The number of benzene rings is 2. The van der Waals surface area contributed by atoms with E-state index in [9.17, 15) is 18.0 Å². The molecule has 0 aliphatic rings. The van der Waals surface area contributed by atoms with Crippen molar-refractivity contribution in [3.8, 4) is 0 Å². The normalized spacial score (nSPS) is 11.6. The number of carbonyl (C=O) groups excluding carboxylic acids is 1. The van der Waals surface area contributed by atoms with Crippen molar-refractivity contribution in [2.24, 2.45) is 14.1 Å². The highest BCUT2D eigenvalue weighted by Gasteiger charge is 2.28. The van der Waals surface area contributed by atoms with Crippen LogP contribution in [0.25, 0.3) is 11.0 Å². The minimum absolute atomic E-state index is 0.00612. The molecule has 1 aromatic heterocycles. The smallest absolute Gasteiger partial charge is 0.328 e. The summed E-state index contributed by atoms with van der Waals surface area (Å²) in [6.45, 7) is 1.49. The molecule has 3 aromatic rings. The molecule has 1 heterocycles. The van der Waals surface area contributed by atoms with Crippen LogP contribution in [0.1, 0.15) is 5.56 Å². The summed E-state index contributed by atoms with van der Waals surface area (Å²) >= 11 is 0. The number of hydrogen-bond acceptors (Lipinski definition) is 4. The Morgan fingerprint density at radius 3 is 2.39 bits per heavy atom. The number of nitrogens with zero attached hydrogens (tertiary/aromatic N) is 3. The highest BCUT2D eigenvalue weighted by molar-refractivity contribution is 7.92. The summed E-state index contributed by atoms with van der Waals surface area (Å²) in [5.74, 6) is -0.432. The lowest BCUT2D eigenvalue weighted by molar-refractivity contribution is -0.119. The SMILES string of the molecule is CNC(=O)CN(c1cccc(C)c1)S(=O)(=O)c1ccc2c(c1)n(C)c(=O)n2C. The molecule has 0 aliphatic carbocycles. The van der Waals surface area contributed by atoms with Gasteiger partial charge in [-0.25, -0.2) is 13.2 Å². The fourth-order valence-electron chi connectivity index (χ4n) is 3.08. The molecule has 148 valence electrons. The van der Waals surface area contributed by atoms with E-state index in [-0.39, 0.29) is 17.1 Å². The number of aryl methyl sites for hydroxylation is 3. The van der Waals surface area contributed by atoms with Crippen molar-refractivity contribution in [2.45, 2.75) is 11.8 Å². The third-order valence-electron chi connectivity index (χ3n) is 4.69. The maximum atomic E-state index is 13.4. The lowest BCUT2D eigenvalue weighted by atomic mass is 10.2. The van der Waals surface area contributed by atoms with Crippen molar-refractivity contribution < 1.29 is 13.2 Å². The first kappa shape index (κ1) is 19.7. The van der Waals surface area contributed by atoms with Gasteiger partial charge in [0.1, 0.15) is 6.54 Å². The molecule has 0 fully saturated rings. The molecular formula is C19H22N4O4S. The van der Waals surface area contributed by atoms with E-state index in [0.717, 1.165) is 9.87 Å². The fraction of sp³-hybridized carbons (Fsp3) is 0.263. The van der Waals surface area contributed by atoms with E-state index >= 15 is 0 Å². The van der Waals surface area contributed by atoms with Gasteiger partial charge in [-0.05, 0) is 42.8 Å². The molecule has 1 N–H and O–H groups in total. The number of imidazole rings is 1. The van der Waals surface area contributed by atoms with Crippen LogP contribution in [0.3, 0.4) is 0 Å². The molecule has 0 bridgehead atoms.